The second-order valence-corrected chi connectivity index (χ2v) is 11.3. The molecule has 1 saturated heterocycles. The topological polar surface area (TPSA) is 101 Å². The Hall–Kier alpha value is -2.92. The minimum absolute atomic E-state index is 0.0585. The summed E-state index contributed by atoms with van der Waals surface area (Å²) in [4.78, 5) is 8.75. The van der Waals surface area contributed by atoms with E-state index in [2.05, 4.69) is 9.97 Å². The molecule has 2 aromatic carbocycles. The first-order chi connectivity index (χ1) is 15.4. The molecule has 0 radical (unpaired) electrons. The van der Waals surface area contributed by atoms with Crippen LogP contribution in [0.2, 0.25) is 0 Å². The van der Waals surface area contributed by atoms with Crippen LogP contribution in [0.5, 0.6) is 0 Å². The van der Waals surface area contributed by atoms with E-state index in [9.17, 15) is 16.8 Å². The van der Waals surface area contributed by atoms with Gasteiger partial charge in [-0.2, -0.15) is 8.61 Å². The molecular weight excluding hydrogens is 448 g/mol. The maximum absolute atomic E-state index is 13.3. The lowest BCUT2D eigenvalue weighted by Crippen LogP contribution is -2.50. The fraction of sp³-hybridized carbons (Fsp3) is 0.182. The number of aromatic nitrogens is 2. The van der Waals surface area contributed by atoms with Crippen LogP contribution in [-0.4, -0.2) is 61.6 Å². The van der Waals surface area contributed by atoms with E-state index >= 15 is 0 Å². The quantitative estimate of drug-likeness (QED) is 0.456. The Morgan fingerprint density at radius 1 is 0.562 bits per heavy atom. The standard InChI is InChI=1S/C22H20N4O4S2/c27-31(28,19-9-1-5-17-7-3-11-23-21(17)19)25-13-15-26(16-14-25)32(29,30)20-10-2-6-18-8-4-12-24-22(18)20/h1-12H,13-16H2. The number of benzene rings is 2. The van der Waals surface area contributed by atoms with E-state index in [1.807, 2.05) is 24.3 Å². The van der Waals surface area contributed by atoms with Crippen molar-refractivity contribution in [2.24, 2.45) is 0 Å². The summed E-state index contributed by atoms with van der Waals surface area (Å²) in [7, 11) is -7.64. The Balaban J connectivity index is 1.42. The zero-order valence-electron chi connectivity index (χ0n) is 17.0. The minimum Gasteiger partial charge on any atom is -0.255 e. The molecule has 0 unspecified atom stereocenters. The van der Waals surface area contributed by atoms with Crippen molar-refractivity contribution in [1.29, 1.82) is 0 Å². The van der Waals surface area contributed by atoms with Crippen LogP contribution < -0.4 is 0 Å². The van der Waals surface area contributed by atoms with E-state index in [0.717, 1.165) is 10.8 Å². The van der Waals surface area contributed by atoms with Crippen molar-refractivity contribution in [2.75, 3.05) is 26.2 Å². The molecule has 8 nitrogen and oxygen atoms in total. The van der Waals surface area contributed by atoms with Crippen LogP contribution >= 0.6 is 0 Å². The summed E-state index contributed by atoms with van der Waals surface area (Å²) in [6.07, 6.45) is 3.12. The third-order valence-corrected chi connectivity index (χ3v) is 9.49. The maximum atomic E-state index is 13.3. The Labute approximate surface area is 186 Å². The molecule has 164 valence electrons. The van der Waals surface area contributed by atoms with Gasteiger partial charge in [0.05, 0.1) is 11.0 Å². The van der Waals surface area contributed by atoms with Gasteiger partial charge in [0, 0.05) is 49.3 Å². The van der Waals surface area contributed by atoms with Gasteiger partial charge < -0.3 is 0 Å². The van der Waals surface area contributed by atoms with Crippen LogP contribution in [0.1, 0.15) is 0 Å². The smallest absolute Gasteiger partial charge is 0.245 e. The lowest BCUT2D eigenvalue weighted by atomic mass is 10.2. The van der Waals surface area contributed by atoms with E-state index in [-0.39, 0.29) is 36.0 Å². The highest BCUT2D eigenvalue weighted by molar-refractivity contribution is 7.89. The highest BCUT2D eigenvalue weighted by Gasteiger charge is 2.35. The average Bonchev–Trinajstić information content (AvgIpc) is 2.83. The molecule has 0 aliphatic carbocycles. The normalized spacial score (nSPS) is 16.5. The van der Waals surface area contributed by atoms with Gasteiger partial charge in [-0.3, -0.25) is 9.97 Å². The summed E-state index contributed by atoms with van der Waals surface area (Å²) in [6.45, 7) is 0.234. The van der Waals surface area contributed by atoms with Crippen LogP contribution in [0.3, 0.4) is 0 Å². The molecule has 0 amide bonds. The molecule has 0 spiro atoms. The van der Waals surface area contributed by atoms with Crippen molar-refractivity contribution in [3.8, 4) is 0 Å². The Morgan fingerprint density at radius 3 is 1.34 bits per heavy atom. The van der Waals surface area contributed by atoms with Crippen molar-refractivity contribution < 1.29 is 16.8 Å². The largest absolute Gasteiger partial charge is 0.255 e. The molecule has 10 heteroatoms. The first-order valence-corrected chi connectivity index (χ1v) is 12.9. The molecular formula is C22H20N4O4S2. The zero-order chi connectivity index (χ0) is 22.3. The lowest BCUT2D eigenvalue weighted by molar-refractivity contribution is 0.273. The maximum Gasteiger partial charge on any atom is 0.245 e. The molecule has 0 saturated carbocycles. The SMILES string of the molecule is O=S(=O)(c1cccc2cccnc12)N1CCN(S(=O)(=O)c2cccc3cccnc23)CC1. The predicted octanol–water partition coefficient (Wildman–Crippen LogP) is 2.48. The van der Waals surface area contributed by atoms with Crippen molar-refractivity contribution in [2.45, 2.75) is 9.79 Å². The Morgan fingerprint density at radius 2 is 0.938 bits per heavy atom. The van der Waals surface area contributed by atoms with Gasteiger partial charge in [0.15, 0.2) is 0 Å². The molecule has 32 heavy (non-hydrogen) atoms. The highest BCUT2D eigenvalue weighted by atomic mass is 32.2. The monoisotopic (exact) mass is 468 g/mol. The third-order valence-electron chi connectivity index (χ3n) is 5.62. The van der Waals surface area contributed by atoms with Gasteiger partial charge in [0.25, 0.3) is 0 Å². The van der Waals surface area contributed by atoms with Gasteiger partial charge in [-0.1, -0.05) is 36.4 Å². The first-order valence-electron chi connectivity index (χ1n) is 10.1. The summed E-state index contributed by atoms with van der Waals surface area (Å²) < 4.78 is 55.9. The van der Waals surface area contributed by atoms with Crippen molar-refractivity contribution in [3.05, 3.63) is 73.1 Å². The predicted molar refractivity (Wildman–Crippen MR) is 121 cm³/mol. The van der Waals surface area contributed by atoms with Gasteiger partial charge in [0.2, 0.25) is 20.0 Å². The van der Waals surface area contributed by atoms with Crippen LogP contribution in [0.15, 0.2) is 82.8 Å². The summed E-state index contributed by atoms with van der Waals surface area (Å²) in [5.41, 5.74) is 0.818. The number of nitrogens with zero attached hydrogens (tertiary/aromatic N) is 4. The number of hydrogen-bond acceptors (Lipinski definition) is 6. The summed E-state index contributed by atoms with van der Waals surface area (Å²) in [6, 6.07) is 17.2. The molecule has 0 N–H and O–H groups in total. The molecule has 0 bridgehead atoms. The van der Waals surface area contributed by atoms with E-state index < -0.39 is 20.0 Å². The molecule has 5 rings (SSSR count). The minimum atomic E-state index is -3.82. The van der Waals surface area contributed by atoms with Crippen molar-refractivity contribution in [3.63, 3.8) is 0 Å². The van der Waals surface area contributed by atoms with Crippen LogP contribution in [0.4, 0.5) is 0 Å². The molecule has 1 aliphatic heterocycles. The van der Waals surface area contributed by atoms with Crippen LogP contribution in [-0.2, 0) is 20.0 Å². The second-order valence-electron chi connectivity index (χ2n) is 7.47. The van der Waals surface area contributed by atoms with Crippen LogP contribution in [0.25, 0.3) is 21.8 Å². The van der Waals surface area contributed by atoms with Gasteiger partial charge in [0.1, 0.15) is 9.79 Å². The summed E-state index contributed by atoms with van der Waals surface area (Å²) >= 11 is 0. The fourth-order valence-corrected chi connectivity index (χ4v) is 7.17. The lowest BCUT2D eigenvalue weighted by Gasteiger charge is -2.33. The molecule has 1 fully saturated rings. The van der Waals surface area contributed by atoms with E-state index in [0.29, 0.717) is 11.0 Å². The fourth-order valence-electron chi connectivity index (χ4n) is 4.00. The number of sulfonamides is 2. The Kier molecular flexibility index (Phi) is 5.17. The number of rotatable bonds is 4. The molecule has 1 aliphatic rings. The van der Waals surface area contributed by atoms with Gasteiger partial charge in [-0.25, -0.2) is 16.8 Å². The molecule has 3 heterocycles. The second kappa shape index (κ2) is 7.89. The van der Waals surface area contributed by atoms with Gasteiger partial charge >= 0.3 is 0 Å². The summed E-state index contributed by atoms with van der Waals surface area (Å²) in [5.74, 6) is 0. The van der Waals surface area contributed by atoms with E-state index in [1.54, 1.807) is 36.7 Å². The molecule has 0 atom stereocenters. The van der Waals surface area contributed by atoms with E-state index in [1.165, 1.54) is 20.7 Å². The summed E-state index contributed by atoms with van der Waals surface area (Å²) in [5, 5.41) is 1.47. The highest BCUT2D eigenvalue weighted by Crippen LogP contribution is 2.28. The van der Waals surface area contributed by atoms with Crippen LogP contribution in [0, 0.1) is 0 Å². The number of fused-ring (bicyclic) bond motifs is 2. The number of piperazine rings is 1. The zero-order valence-corrected chi connectivity index (χ0v) is 18.6. The van der Waals surface area contributed by atoms with Gasteiger partial charge in [-0.05, 0) is 24.3 Å². The average molecular weight is 469 g/mol. The first kappa shape index (κ1) is 21.0. The van der Waals surface area contributed by atoms with E-state index in [4.69, 9.17) is 0 Å². The molecule has 4 aromatic rings. The number of pyridine rings is 2. The van der Waals surface area contributed by atoms with Crippen molar-refractivity contribution in [1.82, 2.24) is 18.6 Å². The molecule has 2 aromatic heterocycles. The van der Waals surface area contributed by atoms with Crippen molar-refractivity contribution >= 4 is 41.9 Å². The van der Waals surface area contributed by atoms with Gasteiger partial charge in [-0.15, -0.1) is 0 Å². The number of hydrogen-bond donors (Lipinski definition) is 0. The Bertz CT molecular complexity index is 1400. The number of para-hydroxylation sites is 2. The third kappa shape index (κ3) is 3.45.